The first-order valence-electron chi connectivity index (χ1n) is 7.84. The highest BCUT2D eigenvalue weighted by molar-refractivity contribution is 7.89. The number of carbonyl (C=O) groups is 1. The van der Waals surface area contributed by atoms with Crippen LogP contribution in [0.1, 0.15) is 29.6 Å². The Balaban J connectivity index is 1.69. The molecule has 23 heavy (non-hydrogen) atoms. The van der Waals surface area contributed by atoms with Gasteiger partial charge >= 0.3 is 0 Å². The van der Waals surface area contributed by atoms with Gasteiger partial charge in [-0.1, -0.05) is 0 Å². The topological polar surface area (TPSA) is 75.7 Å². The lowest BCUT2D eigenvalue weighted by molar-refractivity contribution is -0.0980. The van der Waals surface area contributed by atoms with E-state index in [1.165, 1.54) is 17.0 Å². The second kappa shape index (κ2) is 6.22. The second-order valence-electron chi connectivity index (χ2n) is 6.40. The molecule has 1 N–H and O–H groups in total. The van der Waals surface area contributed by atoms with Gasteiger partial charge in [0.2, 0.25) is 10.0 Å². The quantitative estimate of drug-likeness (QED) is 0.896. The van der Waals surface area contributed by atoms with Crippen LogP contribution in [0.25, 0.3) is 0 Å². The van der Waals surface area contributed by atoms with Gasteiger partial charge in [-0.3, -0.25) is 4.79 Å². The third kappa shape index (κ3) is 3.27. The number of fused-ring (bicyclic) bond motifs is 1. The van der Waals surface area contributed by atoms with Crippen LogP contribution in [0, 0.1) is 5.92 Å². The Morgan fingerprint density at radius 2 is 1.96 bits per heavy atom. The molecule has 1 aromatic carbocycles. The van der Waals surface area contributed by atoms with Crippen molar-refractivity contribution in [3.63, 3.8) is 0 Å². The number of hydrogen-bond acceptors (Lipinski definition) is 4. The molecule has 0 radical (unpaired) electrons. The Labute approximate surface area is 136 Å². The summed E-state index contributed by atoms with van der Waals surface area (Å²) < 4.78 is 33.3. The van der Waals surface area contributed by atoms with Gasteiger partial charge in [0.05, 0.1) is 11.0 Å². The standard InChI is InChI=1S/C16H22N2O4S/c1-18(2)16(19)11-5-7-12(8-6-11)23(20,21)17-14-10-15-13(14)4-3-9-22-15/h5-8,13-15,17H,3-4,9-10H2,1-2H3/t13-,14+,15+/m0/s1. The number of rotatable bonds is 4. The first-order valence-corrected chi connectivity index (χ1v) is 9.32. The van der Waals surface area contributed by atoms with Crippen molar-refractivity contribution in [3.8, 4) is 0 Å². The number of hydrogen-bond donors (Lipinski definition) is 1. The summed E-state index contributed by atoms with van der Waals surface area (Å²) >= 11 is 0. The molecule has 2 aliphatic rings. The highest BCUT2D eigenvalue weighted by atomic mass is 32.2. The molecule has 2 fully saturated rings. The van der Waals surface area contributed by atoms with Crippen molar-refractivity contribution >= 4 is 15.9 Å². The van der Waals surface area contributed by atoms with E-state index in [1.54, 1.807) is 26.2 Å². The highest BCUT2D eigenvalue weighted by Crippen LogP contribution is 2.38. The number of ether oxygens (including phenoxy) is 1. The zero-order valence-electron chi connectivity index (χ0n) is 13.4. The van der Waals surface area contributed by atoms with Gasteiger partial charge in [-0.2, -0.15) is 0 Å². The van der Waals surface area contributed by atoms with Crippen LogP contribution in [0.2, 0.25) is 0 Å². The normalized spacial score (nSPS) is 27.0. The lowest BCUT2D eigenvalue weighted by Crippen LogP contribution is -2.57. The fourth-order valence-electron chi connectivity index (χ4n) is 3.23. The van der Waals surface area contributed by atoms with Gasteiger partial charge in [0, 0.05) is 38.2 Å². The maximum Gasteiger partial charge on any atom is 0.253 e. The molecule has 1 amide bonds. The van der Waals surface area contributed by atoms with Gasteiger partial charge in [0.25, 0.3) is 5.91 Å². The van der Waals surface area contributed by atoms with Crippen LogP contribution >= 0.6 is 0 Å². The average Bonchev–Trinajstić information content (AvgIpc) is 2.52. The molecule has 1 aromatic rings. The summed E-state index contributed by atoms with van der Waals surface area (Å²) in [5.41, 5.74) is 0.471. The summed E-state index contributed by atoms with van der Waals surface area (Å²) in [7, 11) is -0.243. The fourth-order valence-corrected chi connectivity index (χ4v) is 4.53. The fraction of sp³-hybridized carbons (Fsp3) is 0.562. The van der Waals surface area contributed by atoms with Gasteiger partial charge in [-0.15, -0.1) is 0 Å². The van der Waals surface area contributed by atoms with Gasteiger partial charge < -0.3 is 9.64 Å². The van der Waals surface area contributed by atoms with E-state index in [1.807, 2.05) is 0 Å². The molecule has 0 aromatic heterocycles. The van der Waals surface area contributed by atoms with E-state index in [0.29, 0.717) is 5.56 Å². The molecular weight excluding hydrogens is 316 g/mol. The molecular formula is C16H22N2O4S. The zero-order chi connectivity index (χ0) is 16.6. The van der Waals surface area contributed by atoms with E-state index < -0.39 is 10.0 Å². The van der Waals surface area contributed by atoms with E-state index in [9.17, 15) is 13.2 Å². The van der Waals surface area contributed by atoms with Crippen LogP contribution in [-0.4, -0.2) is 52.1 Å². The third-order valence-corrected chi connectivity index (χ3v) is 6.12. The van der Waals surface area contributed by atoms with Crippen LogP contribution in [0.4, 0.5) is 0 Å². The molecule has 6 nitrogen and oxygen atoms in total. The third-order valence-electron chi connectivity index (χ3n) is 4.62. The molecule has 3 rings (SSSR count). The first kappa shape index (κ1) is 16.4. The summed E-state index contributed by atoms with van der Waals surface area (Å²) in [4.78, 5) is 13.5. The lowest BCUT2D eigenvalue weighted by atomic mass is 9.73. The Kier molecular flexibility index (Phi) is 4.44. The van der Waals surface area contributed by atoms with Crippen molar-refractivity contribution in [3.05, 3.63) is 29.8 Å². The summed E-state index contributed by atoms with van der Waals surface area (Å²) in [6.45, 7) is 0.780. The zero-order valence-corrected chi connectivity index (χ0v) is 14.2. The minimum Gasteiger partial charge on any atom is -0.378 e. The summed E-state index contributed by atoms with van der Waals surface area (Å²) in [5, 5.41) is 0. The van der Waals surface area contributed by atoms with E-state index in [-0.39, 0.29) is 28.9 Å². The van der Waals surface area contributed by atoms with Gasteiger partial charge in [0.15, 0.2) is 0 Å². The highest BCUT2D eigenvalue weighted by Gasteiger charge is 2.45. The number of amides is 1. The number of sulfonamides is 1. The maximum absolute atomic E-state index is 12.5. The van der Waals surface area contributed by atoms with Crippen molar-refractivity contribution < 1.29 is 17.9 Å². The number of carbonyl (C=O) groups excluding carboxylic acids is 1. The first-order chi connectivity index (χ1) is 10.9. The van der Waals surface area contributed by atoms with Gasteiger partial charge in [0.1, 0.15) is 0 Å². The number of nitrogens with zero attached hydrogens (tertiary/aromatic N) is 1. The van der Waals surface area contributed by atoms with E-state index in [0.717, 1.165) is 25.9 Å². The van der Waals surface area contributed by atoms with Gasteiger partial charge in [-0.25, -0.2) is 13.1 Å². The lowest BCUT2D eigenvalue weighted by Gasteiger charge is -2.47. The summed E-state index contributed by atoms with van der Waals surface area (Å²) in [6.07, 6.45) is 2.94. The number of nitrogens with one attached hydrogen (secondary N) is 1. The van der Waals surface area contributed by atoms with Crippen LogP contribution < -0.4 is 4.72 Å². The van der Waals surface area contributed by atoms with Crippen LogP contribution in [0.5, 0.6) is 0 Å². The Bertz CT molecular complexity index is 685. The van der Waals surface area contributed by atoms with Crippen molar-refractivity contribution in [2.45, 2.75) is 36.3 Å². The molecule has 7 heteroatoms. The maximum atomic E-state index is 12.5. The molecule has 1 aliphatic carbocycles. The molecule has 1 heterocycles. The van der Waals surface area contributed by atoms with Crippen LogP contribution in [0.15, 0.2) is 29.2 Å². The summed E-state index contributed by atoms with van der Waals surface area (Å²) in [5.74, 6) is 0.135. The number of benzene rings is 1. The predicted molar refractivity (Wildman–Crippen MR) is 85.7 cm³/mol. The average molecular weight is 338 g/mol. The van der Waals surface area contributed by atoms with Gasteiger partial charge in [-0.05, 0) is 43.5 Å². The molecule has 126 valence electrons. The van der Waals surface area contributed by atoms with E-state index in [2.05, 4.69) is 4.72 Å². The molecule has 0 spiro atoms. The largest absolute Gasteiger partial charge is 0.378 e. The van der Waals surface area contributed by atoms with Crippen LogP contribution in [-0.2, 0) is 14.8 Å². The Morgan fingerprint density at radius 1 is 1.26 bits per heavy atom. The van der Waals surface area contributed by atoms with Crippen molar-refractivity contribution in [1.29, 1.82) is 0 Å². The molecule has 0 bridgehead atoms. The monoisotopic (exact) mass is 338 g/mol. The minimum absolute atomic E-state index is 0.0478. The molecule has 1 saturated carbocycles. The van der Waals surface area contributed by atoms with Crippen molar-refractivity contribution in [2.75, 3.05) is 20.7 Å². The van der Waals surface area contributed by atoms with E-state index in [4.69, 9.17) is 4.74 Å². The molecule has 1 aliphatic heterocycles. The predicted octanol–water partition coefficient (Wildman–Crippen LogP) is 1.23. The van der Waals surface area contributed by atoms with Crippen molar-refractivity contribution in [1.82, 2.24) is 9.62 Å². The SMILES string of the molecule is CN(C)C(=O)c1ccc(S(=O)(=O)N[C@@H]2C[C@H]3OCCC[C@@H]23)cc1. The Hall–Kier alpha value is -1.44. The summed E-state index contributed by atoms with van der Waals surface area (Å²) in [6, 6.07) is 6.00. The Morgan fingerprint density at radius 3 is 2.57 bits per heavy atom. The molecule has 0 unspecified atom stereocenters. The van der Waals surface area contributed by atoms with Crippen LogP contribution in [0.3, 0.4) is 0 Å². The second-order valence-corrected chi connectivity index (χ2v) is 8.12. The van der Waals surface area contributed by atoms with E-state index >= 15 is 0 Å². The minimum atomic E-state index is -3.56. The van der Waals surface area contributed by atoms with Crippen molar-refractivity contribution in [2.24, 2.45) is 5.92 Å². The molecule has 3 atom stereocenters. The molecule has 1 saturated heterocycles. The smallest absolute Gasteiger partial charge is 0.253 e.